The summed E-state index contributed by atoms with van der Waals surface area (Å²) in [6.07, 6.45) is 3.04. The summed E-state index contributed by atoms with van der Waals surface area (Å²) >= 11 is 5.00. The van der Waals surface area contributed by atoms with Crippen molar-refractivity contribution in [1.29, 1.82) is 0 Å². The van der Waals surface area contributed by atoms with E-state index in [1.54, 1.807) is 6.07 Å². The zero-order valence-corrected chi connectivity index (χ0v) is 11.5. The van der Waals surface area contributed by atoms with Gasteiger partial charge in [0.1, 0.15) is 5.82 Å². The van der Waals surface area contributed by atoms with Gasteiger partial charge < -0.3 is 10.6 Å². The molecule has 0 aromatic heterocycles. The molecule has 1 aliphatic carbocycles. The highest BCUT2D eigenvalue weighted by molar-refractivity contribution is 7.80. The Labute approximate surface area is 113 Å². The van der Waals surface area contributed by atoms with Crippen LogP contribution in [0, 0.1) is 11.2 Å². The Kier molecular flexibility index (Phi) is 3.85. The number of nitrogens with zero attached hydrogens (tertiary/aromatic N) is 1. The summed E-state index contributed by atoms with van der Waals surface area (Å²) in [7, 11) is 0. The molecule has 1 saturated carbocycles. The van der Waals surface area contributed by atoms with Crippen LogP contribution in [0.15, 0.2) is 24.3 Å². The van der Waals surface area contributed by atoms with E-state index in [0.29, 0.717) is 10.7 Å². The molecule has 0 heterocycles. The molecule has 4 heteroatoms. The van der Waals surface area contributed by atoms with Crippen molar-refractivity contribution in [3.63, 3.8) is 0 Å². The van der Waals surface area contributed by atoms with Crippen LogP contribution in [-0.2, 0) is 0 Å². The number of anilines is 1. The highest BCUT2D eigenvalue weighted by Gasteiger charge is 2.44. The zero-order chi connectivity index (χ0) is 13.2. The molecule has 1 aliphatic rings. The molecule has 0 spiro atoms. The highest BCUT2D eigenvalue weighted by atomic mass is 32.1. The van der Waals surface area contributed by atoms with Gasteiger partial charge in [-0.1, -0.05) is 24.4 Å². The molecule has 0 saturated heterocycles. The first-order valence-corrected chi connectivity index (χ1v) is 6.75. The van der Waals surface area contributed by atoms with Gasteiger partial charge >= 0.3 is 0 Å². The third kappa shape index (κ3) is 2.99. The second-order valence-corrected chi connectivity index (χ2v) is 5.63. The van der Waals surface area contributed by atoms with E-state index in [1.165, 1.54) is 6.07 Å². The lowest BCUT2D eigenvalue weighted by Crippen LogP contribution is -2.33. The highest BCUT2D eigenvalue weighted by Crippen LogP contribution is 2.49. The van der Waals surface area contributed by atoms with Crippen molar-refractivity contribution >= 4 is 22.9 Å². The maximum absolute atomic E-state index is 13.8. The second-order valence-electron chi connectivity index (χ2n) is 5.11. The SMILES string of the molecule is CCN(CC1(CC(N)=S)CC1)c1ccccc1F. The average molecular weight is 266 g/mol. The smallest absolute Gasteiger partial charge is 0.146 e. The first-order valence-electron chi connectivity index (χ1n) is 6.34. The Morgan fingerprint density at radius 1 is 1.44 bits per heavy atom. The van der Waals surface area contributed by atoms with Crippen molar-refractivity contribution in [1.82, 2.24) is 0 Å². The number of thiocarbonyl (C=S) groups is 1. The molecule has 0 bridgehead atoms. The van der Waals surface area contributed by atoms with Gasteiger partial charge in [-0.2, -0.15) is 0 Å². The summed E-state index contributed by atoms with van der Waals surface area (Å²) in [5, 5.41) is 0. The Morgan fingerprint density at radius 2 is 2.11 bits per heavy atom. The summed E-state index contributed by atoms with van der Waals surface area (Å²) in [4.78, 5) is 2.65. The number of hydrogen-bond acceptors (Lipinski definition) is 2. The minimum Gasteiger partial charge on any atom is -0.393 e. The van der Waals surface area contributed by atoms with E-state index < -0.39 is 0 Å². The quantitative estimate of drug-likeness (QED) is 0.802. The van der Waals surface area contributed by atoms with Gasteiger partial charge in [-0.25, -0.2) is 4.39 Å². The van der Waals surface area contributed by atoms with Crippen LogP contribution in [0.4, 0.5) is 10.1 Å². The van der Waals surface area contributed by atoms with Gasteiger partial charge in [0.25, 0.3) is 0 Å². The maximum Gasteiger partial charge on any atom is 0.146 e. The van der Waals surface area contributed by atoms with Crippen LogP contribution < -0.4 is 10.6 Å². The van der Waals surface area contributed by atoms with Crippen molar-refractivity contribution in [2.45, 2.75) is 26.2 Å². The topological polar surface area (TPSA) is 29.3 Å². The van der Waals surface area contributed by atoms with Gasteiger partial charge in [0.15, 0.2) is 0 Å². The summed E-state index contributed by atoms with van der Waals surface area (Å²) in [6.45, 7) is 3.67. The minimum absolute atomic E-state index is 0.162. The van der Waals surface area contributed by atoms with E-state index in [2.05, 4.69) is 4.90 Å². The summed E-state index contributed by atoms with van der Waals surface area (Å²) in [5.41, 5.74) is 6.50. The third-order valence-corrected chi connectivity index (χ3v) is 3.75. The van der Waals surface area contributed by atoms with Crippen LogP contribution in [0.3, 0.4) is 0 Å². The normalized spacial score (nSPS) is 16.3. The lowest BCUT2D eigenvalue weighted by molar-refractivity contribution is 0.514. The predicted molar refractivity (Wildman–Crippen MR) is 77.4 cm³/mol. The van der Waals surface area contributed by atoms with E-state index in [1.807, 2.05) is 19.1 Å². The molecule has 98 valence electrons. The van der Waals surface area contributed by atoms with Crippen molar-refractivity contribution in [3.8, 4) is 0 Å². The molecule has 1 fully saturated rings. The molecule has 0 atom stereocenters. The summed E-state index contributed by atoms with van der Waals surface area (Å²) in [5.74, 6) is -0.162. The van der Waals surface area contributed by atoms with Crippen molar-refractivity contribution < 1.29 is 4.39 Å². The number of rotatable bonds is 6. The molecule has 2 nitrogen and oxygen atoms in total. The van der Waals surface area contributed by atoms with Gasteiger partial charge in [0, 0.05) is 19.5 Å². The molecule has 2 rings (SSSR count). The van der Waals surface area contributed by atoms with Crippen LogP contribution >= 0.6 is 12.2 Å². The van der Waals surface area contributed by atoms with Gasteiger partial charge in [-0.3, -0.25) is 0 Å². The van der Waals surface area contributed by atoms with Crippen LogP contribution in [0.1, 0.15) is 26.2 Å². The fourth-order valence-electron chi connectivity index (χ4n) is 2.42. The summed E-state index contributed by atoms with van der Waals surface area (Å²) in [6, 6.07) is 6.92. The second kappa shape index (κ2) is 5.22. The first-order chi connectivity index (χ1) is 8.56. The molecule has 1 aromatic rings. The standard InChI is InChI=1S/C14H19FN2S/c1-2-17(12-6-4-3-5-11(12)15)10-14(7-8-14)9-13(16)18/h3-6H,2,7-10H2,1H3,(H2,16,18). The number of nitrogens with two attached hydrogens (primary N) is 1. The molecule has 0 unspecified atom stereocenters. The predicted octanol–water partition coefficient (Wildman–Crippen LogP) is 3.11. The van der Waals surface area contributed by atoms with Crippen LogP contribution in [0.25, 0.3) is 0 Å². The molecule has 0 radical (unpaired) electrons. The Hall–Kier alpha value is -1.16. The van der Waals surface area contributed by atoms with Gasteiger partial charge in [-0.15, -0.1) is 0 Å². The fourth-order valence-corrected chi connectivity index (χ4v) is 2.72. The number of benzene rings is 1. The van der Waals surface area contributed by atoms with E-state index in [-0.39, 0.29) is 11.2 Å². The molecule has 2 N–H and O–H groups in total. The number of para-hydroxylation sites is 1. The lowest BCUT2D eigenvalue weighted by Gasteiger charge is -2.28. The fraction of sp³-hybridized carbons (Fsp3) is 0.500. The summed E-state index contributed by atoms with van der Waals surface area (Å²) < 4.78 is 13.8. The third-order valence-electron chi connectivity index (χ3n) is 3.61. The molecule has 0 amide bonds. The minimum atomic E-state index is -0.162. The van der Waals surface area contributed by atoms with Crippen molar-refractivity contribution in [2.24, 2.45) is 11.1 Å². The Balaban J connectivity index is 2.11. The molecular formula is C14H19FN2S. The van der Waals surface area contributed by atoms with Crippen LogP contribution in [0.5, 0.6) is 0 Å². The largest absolute Gasteiger partial charge is 0.393 e. The van der Waals surface area contributed by atoms with Gasteiger partial charge in [0.05, 0.1) is 10.7 Å². The van der Waals surface area contributed by atoms with E-state index in [4.69, 9.17) is 18.0 Å². The van der Waals surface area contributed by atoms with E-state index in [0.717, 1.165) is 32.4 Å². The van der Waals surface area contributed by atoms with E-state index in [9.17, 15) is 4.39 Å². The maximum atomic E-state index is 13.8. The molecule has 0 aliphatic heterocycles. The van der Waals surface area contributed by atoms with E-state index >= 15 is 0 Å². The van der Waals surface area contributed by atoms with Crippen molar-refractivity contribution in [2.75, 3.05) is 18.0 Å². The lowest BCUT2D eigenvalue weighted by atomic mass is 10.0. The molecule has 1 aromatic carbocycles. The van der Waals surface area contributed by atoms with Gasteiger partial charge in [-0.05, 0) is 37.3 Å². The van der Waals surface area contributed by atoms with Crippen LogP contribution in [-0.4, -0.2) is 18.1 Å². The van der Waals surface area contributed by atoms with Crippen molar-refractivity contribution in [3.05, 3.63) is 30.1 Å². The Morgan fingerprint density at radius 3 is 2.61 bits per heavy atom. The zero-order valence-electron chi connectivity index (χ0n) is 10.7. The van der Waals surface area contributed by atoms with Gasteiger partial charge in [0.2, 0.25) is 0 Å². The number of halogens is 1. The first kappa shape index (κ1) is 13.3. The molecule has 18 heavy (non-hydrogen) atoms. The molecular weight excluding hydrogens is 247 g/mol. The Bertz CT molecular complexity index is 443. The monoisotopic (exact) mass is 266 g/mol. The van der Waals surface area contributed by atoms with Crippen LogP contribution in [0.2, 0.25) is 0 Å². The average Bonchev–Trinajstić information content (AvgIpc) is 3.06. The number of hydrogen-bond donors (Lipinski definition) is 1.